The Morgan fingerprint density at radius 2 is 1.54 bits per heavy atom. The van der Waals surface area contributed by atoms with Gasteiger partial charge in [-0.15, -0.1) is 0 Å². The van der Waals surface area contributed by atoms with E-state index in [-0.39, 0.29) is 18.4 Å². The van der Waals surface area contributed by atoms with Crippen molar-refractivity contribution in [3.63, 3.8) is 0 Å². The number of aryl methyl sites for hydroxylation is 1. The second-order valence-electron chi connectivity index (χ2n) is 9.69. The van der Waals surface area contributed by atoms with E-state index in [1.807, 2.05) is 94.4 Å². The van der Waals surface area contributed by atoms with E-state index >= 15 is 0 Å². The summed E-state index contributed by atoms with van der Waals surface area (Å²) in [5.41, 5.74) is 2.64. The van der Waals surface area contributed by atoms with Crippen LogP contribution < -0.4 is 10.1 Å². The molecule has 5 nitrogen and oxygen atoms in total. The van der Waals surface area contributed by atoms with Crippen LogP contribution in [0.1, 0.15) is 37.5 Å². The minimum Gasteiger partial charge on any atom is -0.484 e. The van der Waals surface area contributed by atoms with Gasteiger partial charge in [0.2, 0.25) is 5.91 Å². The summed E-state index contributed by atoms with van der Waals surface area (Å²) in [5.74, 6) is 0.152. The third kappa shape index (κ3) is 8.55. The Kier molecular flexibility index (Phi) is 9.10. The van der Waals surface area contributed by atoms with Crippen molar-refractivity contribution < 1.29 is 14.3 Å². The van der Waals surface area contributed by atoms with Gasteiger partial charge in [-0.2, -0.15) is 0 Å². The van der Waals surface area contributed by atoms with Crippen LogP contribution in [0, 0.1) is 6.92 Å². The molecule has 184 valence electrons. The Labute approximate surface area is 216 Å². The topological polar surface area (TPSA) is 58.6 Å². The van der Waals surface area contributed by atoms with Gasteiger partial charge in [0.05, 0.1) is 0 Å². The van der Waals surface area contributed by atoms with Crippen LogP contribution in [-0.4, -0.2) is 34.9 Å². The third-order valence-electron chi connectivity index (χ3n) is 5.42. The lowest BCUT2D eigenvalue weighted by Crippen LogP contribution is -2.55. The van der Waals surface area contributed by atoms with E-state index < -0.39 is 11.6 Å². The fourth-order valence-corrected chi connectivity index (χ4v) is 3.92. The fourth-order valence-electron chi connectivity index (χ4n) is 3.66. The van der Waals surface area contributed by atoms with Gasteiger partial charge in [-0.3, -0.25) is 9.59 Å². The van der Waals surface area contributed by atoms with Crippen LogP contribution >= 0.6 is 15.9 Å². The lowest BCUT2D eigenvalue weighted by atomic mass is 10.0. The first kappa shape index (κ1) is 26.5. The normalized spacial score (nSPS) is 12.0. The standard InChI is InChI=1S/C29H33BrN2O3/c1-21-10-12-23(13-11-21)19-32(27(33)20-35-25-16-14-24(30)15-17-25)26(28(34)31-29(2,3)4)18-22-8-6-5-7-9-22/h5-17,26H,18-20H2,1-4H3,(H,31,34)/t26-/m0/s1. The largest absolute Gasteiger partial charge is 0.484 e. The summed E-state index contributed by atoms with van der Waals surface area (Å²) in [6.45, 7) is 7.97. The molecule has 0 spiro atoms. The summed E-state index contributed by atoms with van der Waals surface area (Å²) in [6.07, 6.45) is 0.401. The van der Waals surface area contributed by atoms with E-state index in [0.717, 1.165) is 21.2 Å². The molecule has 0 saturated heterocycles. The van der Waals surface area contributed by atoms with Crippen LogP contribution in [0.3, 0.4) is 0 Å². The highest BCUT2D eigenvalue weighted by Gasteiger charge is 2.32. The fraction of sp³-hybridized carbons (Fsp3) is 0.310. The molecular weight excluding hydrogens is 504 g/mol. The van der Waals surface area contributed by atoms with E-state index in [9.17, 15) is 9.59 Å². The molecular formula is C29H33BrN2O3. The summed E-state index contributed by atoms with van der Waals surface area (Å²) in [4.78, 5) is 28.7. The van der Waals surface area contributed by atoms with Crippen molar-refractivity contribution in [2.75, 3.05) is 6.61 Å². The Balaban J connectivity index is 1.91. The van der Waals surface area contributed by atoms with Crippen molar-refractivity contribution in [3.05, 3.63) is 100 Å². The minimum absolute atomic E-state index is 0.165. The molecule has 0 aliphatic heterocycles. The van der Waals surface area contributed by atoms with Gasteiger partial charge >= 0.3 is 0 Å². The maximum atomic E-state index is 13.6. The van der Waals surface area contributed by atoms with Crippen molar-refractivity contribution in [1.29, 1.82) is 0 Å². The smallest absolute Gasteiger partial charge is 0.261 e. The van der Waals surface area contributed by atoms with Crippen molar-refractivity contribution in [3.8, 4) is 5.75 Å². The lowest BCUT2D eigenvalue weighted by Gasteiger charge is -2.33. The maximum Gasteiger partial charge on any atom is 0.261 e. The molecule has 1 N–H and O–H groups in total. The predicted octanol–water partition coefficient (Wildman–Crippen LogP) is 5.69. The molecule has 3 aromatic rings. The molecule has 0 unspecified atom stereocenters. The first-order valence-corrected chi connectivity index (χ1v) is 12.5. The summed E-state index contributed by atoms with van der Waals surface area (Å²) < 4.78 is 6.73. The highest BCUT2D eigenvalue weighted by Crippen LogP contribution is 2.19. The molecule has 0 aliphatic carbocycles. The van der Waals surface area contributed by atoms with Crippen LogP contribution in [-0.2, 0) is 22.6 Å². The van der Waals surface area contributed by atoms with Crippen LogP contribution in [0.25, 0.3) is 0 Å². The molecule has 0 aliphatic rings. The Morgan fingerprint density at radius 1 is 0.914 bits per heavy atom. The summed E-state index contributed by atoms with van der Waals surface area (Å²) in [7, 11) is 0. The van der Waals surface area contributed by atoms with E-state index in [2.05, 4.69) is 21.2 Å². The van der Waals surface area contributed by atoms with Crippen LogP contribution in [0.4, 0.5) is 0 Å². The molecule has 0 radical (unpaired) electrons. The number of halogens is 1. The zero-order valence-electron chi connectivity index (χ0n) is 20.8. The zero-order valence-corrected chi connectivity index (χ0v) is 22.3. The highest BCUT2D eigenvalue weighted by atomic mass is 79.9. The molecule has 0 aromatic heterocycles. The molecule has 6 heteroatoms. The number of amides is 2. The van der Waals surface area contributed by atoms with Gasteiger partial charge in [-0.1, -0.05) is 76.1 Å². The molecule has 3 aromatic carbocycles. The van der Waals surface area contributed by atoms with E-state index in [0.29, 0.717) is 18.7 Å². The monoisotopic (exact) mass is 536 g/mol. The Hall–Kier alpha value is -3.12. The van der Waals surface area contributed by atoms with Crippen molar-refractivity contribution in [1.82, 2.24) is 10.2 Å². The van der Waals surface area contributed by atoms with Gasteiger partial charge in [0, 0.05) is 23.0 Å². The van der Waals surface area contributed by atoms with E-state index in [1.165, 1.54) is 0 Å². The van der Waals surface area contributed by atoms with Gasteiger partial charge in [-0.25, -0.2) is 0 Å². The van der Waals surface area contributed by atoms with E-state index in [4.69, 9.17) is 4.74 Å². The number of ether oxygens (including phenoxy) is 1. The first-order chi connectivity index (χ1) is 16.6. The summed E-state index contributed by atoms with van der Waals surface area (Å²) in [6, 6.07) is 24.4. The van der Waals surface area contributed by atoms with Crippen molar-refractivity contribution >= 4 is 27.7 Å². The van der Waals surface area contributed by atoms with Crippen LogP contribution in [0.2, 0.25) is 0 Å². The molecule has 0 bridgehead atoms. The average Bonchev–Trinajstić information content (AvgIpc) is 2.81. The number of nitrogens with one attached hydrogen (secondary N) is 1. The SMILES string of the molecule is Cc1ccc(CN(C(=O)COc2ccc(Br)cc2)[C@@H](Cc2ccccc2)C(=O)NC(C)(C)C)cc1. The van der Waals surface area contributed by atoms with Gasteiger partial charge in [0.1, 0.15) is 11.8 Å². The number of benzene rings is 3. The van der Waals surface area contributed by atoms with Gasteiger partial charge in [-0.05, 0) is 63.1 Å². The van der Waals surface area contributed by atoms with Gasteiger partial charge < -0.3 is 15.0 Å². The average molecular weight is 537 g/mol. The Bertz CT molecular complexity index is 1110. The van der Waals surface area contributed by atoms with Crippen LogP contribution in [0.5, 0.6) is 5.75 Å². The first-order valence-electron chi connectivity index (χ1n) is 11.7. The highest BCUT2D eigenvalue weighted by molar-refractivity contribution is 9.10. The molecule has 0 saturated carbocycles. The number of rotatable bonds is 9. The quantitative estimate of drug-likeness (QED) is 0.382. The molecule has 35 heavy (non-hydrogen) atoms. The number of carbonyl (C=O) groups excluding carboxylic acids is 2. The number of carbonyl (C=O) groups is 2. The van der Waals surface area contributed by atoms with Gasteiger partial charge in [0.25, 0.3) is 5.91 Å². The van der Waals surface area contributed by atoms with E-state index in [1.54, 1.807) is 17.0 Å². The second kappa shape index (κ2) is 12.0. The third-order valence-corrected chi connectivity index (χ3v) is 5.95. The van der Waals surface area contributed by atoms with Crippen LogP contribution in [0.15, 0.2) is 83.3 Å². The predicted molar refractivity (Wildman–Crippen MR) is 143 cm³/mol. The summed E-state index contributed by atoms with van der Waals surface area (Å²) in [5, 5.41) is 3.07. The lowest BCUT2D eigenvalue weighted by molar-refractivity contribution is -0.143. The molecule has 0 fully saturated rings. The molecule has 0 heterocycles. The van der Waals surface area contributed by atoms with Crippen molar-refractivity contribution in [2.45, 2.75) is 52.2 Å². The molecule has 2 amide bonds. The minimum atomic E-state index is -0.695. The number of nitrogens with zero attached hydrogens (tertiary/aromatic N) is 1. The maximum absolute atomic E-state index is 13.6. The van der Waals surface area contributed by atoms with Crippen molar-refractivity contribution in [2.24, 2.45) is 0 Å². The summed E-state index contributed by atoms with van der Waals surface area (Å²) >= 11 is 3.41. The molecule has 3 rings (SSSR count). The molecule has 1 atom stereocenters. The second-order valence-corrected chi connectivity index (χ2v) is 10.6. The number of hydrogen-bond acceptors (Lipinski definition) is 3. The number of hydrogen-bond donors (Lipinski definition) is 1. The zero-order chi connectivity index (χ0) is 25.4. The van der Waals surface area contributed by atoms with Gasteiger partial charge in [0.15, 0.2) is 6.61 Å². The Morgan fingerprint density at radius 3 is 2.14 bits per heavy atom.